The number of carbonyl (C=O) groups is 3. The Bertz CT molecular complexity index is 1210. The third-order valence-corrected chi connectivity index (χ3v) is 5.48. The van der Waals surface area contributed by atoms with Crippen LogP contribution in [0, 0.1) is 0 Å². The van der Waals surface area contributed by atoms with Crippen LogP contribution < -0.4 is 10.2 Å². The summed E-state index contributed by atoms with van der Waals surface area (Å²) in [5, 5.41) is 3.45. The van der Waals surface area contributed by atoms with E-state index in [2.05, 4.69) is 5.32 Å². The van der Waals surface area contributed by atoms with Crippen LogP contribution in [-0.2, 0) is 6.42 Å². The van der Waals surface area contributed by atoms with Gasteiger partial charge in [-0.25, -0.2) is 4.90 Å². The topological polar surface area (TPSA) is 66.5 Å². The molecule has 0 unspecified atom stereocenters. The first-order valence-corrected chi connectivity index (χ1v) is 10.0. The Kier molecular flexibility index (Phi) is 5.33. The van der Waals surface area contributed by atoms with Crippen LogP contribution in [0.4, 0.5) is 11.4 Å². The minimum atomic E-state index is -0.539. The van der Waals surface area contributed by atoms with E-state index in [4.69, 9.17) is 23.2 Å². The fourth-order valence-electron chi connectivity index (χ4n) is 3.41. The Morgan fingerprint density at radius 2 is 1.67 bits per heavy atom. The molecule has 3 aromatic rings. The second kappa shape index (κ2) is 7.94. The molecule has 30 heavy (non-hydrogen) atoms. The zero-order valence-electron chi connectivity index (χ0n) is 15.9. The van der Waals surface area contributed by atoms with Gasteiger partial charge in [0.25, 0.3) is 17.7 Å². The van der Waals surface area contributed by atoms with Gasteiger partial charge in [0.15, 0.2) is 0 Å². The lowest BCUT2D eigenvalue weighted by molar-refractivity contribution is 0.0925. The molecule has 3 aromatic carbocycles. The smallest absolute Gasteiger partial charge is 0.266 e. The number of imide groups is 1. The molecule has 0 fully saturated rings. The van der Waals surface area contributed by atoms with Crippen LogP contribution in [0.5, 0.6) is 0 Å². The van der Waals surface area contributed by atoms with E-state index >= 15 is 0 Å². The molecule has 0 atom stereocenters. The minimum Gasteiger partial charge on any atom is -0.322 e. The van der Waals surface area contributed by atoms with E-state index in [9.17, 15) is 14.4 Å². The number of para-hydroxylation sites is 1. The largest absolute Gasteiger partial charge is 0.322 e. The first-order valence-electron chi connectivity index (χ1n) is 9.28. The predicted molar refractivity (Wildman–Crippen MR) is 118 cm³/mol. The zero-order chi connectivity index (χ0) is 21.4. The van der Waals surface area contributed by atoms with Crippen molar-refractivity contribution in [2.24, 2.45) is 0 Å². The molecular weight excluding hydrogens is 423 g/mol. The number of anilines is 2. The third-order valence-electron chi connectivity index (χ3n) is 4.95. The number of aryl methyl sites for hydroxylation is 1. The second-order valence-electron chi connectivity index (χ2n) is 6.77. The first kappa shape index (κ1) is 20.1. The van der Waals surface area contributed by atoms with E-state index in [0.717, 1.165) is 16.9 Å². The molecule has 4 rings (SSSR count). The van der Waals surface area contributed by atoms with E-state index < -0.39 is 11.8 Å². The van der Waals surface area contributed by atoms with Crippen molar-refractivity contribution >= 4 is 52.3 Å². The van der Waals surface area contributed by atoms with Crippen molar-refractivity contribution in [2.45, 2.75) is 13.3 Å². The van der Waals surface area contributed by atoms with E-state index in [0.29, 0.717) is 10.7 Å². The van der Waals surface area contributed by atoms with Crippen LogP contribution >= 0.6 is 23.2 Å². The number of hydrogen-bond acceptors (Lipinski definition) is 3. The van der Waals surface area contributed by atoms with Crippen molar-refractivity contribution in [3.05, 3.63) is 93.0 Å². The number of amides is 3. The van der Waals surface area contributed by atoms with Crippen LogP contribution in [0.2, 0.25) is 10.0 Å². The van der Waals surface area contributed by atoms with Gasteiger partial charge in [0, 0.05) is 16.3 Å². The molecule has 0 saturated heterocycles. The van der Waals surface area contributed by atoms with Gasteiger partial charge in [0.05, 0.1) is 21.8 Å². The van der Waals surface area contributed by atoms with Gasteiger partial charge in [0.1, 0.15) is 0 Å². The van der Waals surface area contributed by atoms with Crippen LogP contribution in [0.15, 0.2) is 60.7 Å². The molecule has 3 amide bonds. The minimum absolute atomic E-state index is 0.155. The average Bonchev–Trinajstić information content (AvgIpc) is 2.98. The molecule has 0 aromatic heterocycles. The summed E-state index contributed by atoms with van der Waals surface area (Å²) in [7, 11) is 0. The lowest BCUT2D eigenvalue weighted by atomic mass is 10.0. The summed E-state index contributed by atoms with van der Waals surface area (Å²) in [5.41, 5.74) is 2.61. The van der Waals surface area contributed by atoms with Gasteiger partial charge in [-0.05, 0) is 54.4 Å². The zero-order valence-corrected chi connectivity index (χ0v) is 17.4. The molecule has 0 bridgehead atoms. The lowest BCUT2D eigenvalue weighted by Gasteiger charge is -2.15. The fourth-order valence-corrected chi connectivity index (χ4v) is 3.90. The highest BCUT2D eigenvalue weighted by atomic mass is 35.5. The van der Waals surface area contributed by atoms with Crippen LogP contribution in [0.25, 0.3) is 0 Å². The van der Waals surface area contributed by atoms with E-state index in [-0.39, 0.29) is 33.3 Å². The quantitative estimate of drug-likeness (QED) is 0.538. The number of nitrogens with one attached hydrogen (secondary N) is 1. The summed E-state index contributed by atoms with van der Waals surface area (Å²) in [6, 6.07) is 16.5. The monoisotopic (exact) mass is 438 g/mol. The molecule has 1 aliphatic rings. The van der Waals surface area contributed by atoms with E-state index in [1.807, 2.05) is 31.2 Å². The summed E-state index contributed by atoms with van der Waals surface area (Å²) in [6.07, 6.45) is 0.768. The Hall–Kier alpha value is -3.15. The van der Waals surface area contributed by atoms with Gasteiger partial charge in [-0.3, -0.25) is 14.4 Å². The molecule has 7 heteroatoms. The molecule has 1 aliphatic heterocycles. The van der Waals surface area contributed by atoms with Gasteiger partial charge in [-0.2, -0.15) is 0 Å². The number of benzene rings is 3. The van der Waals surface area contributed by atoms with Gasteiger partial charge < -0.3 is 5.32 Å². The highest BCUT2D eigenvalue weighted by Gasteiger charge is 2.38. The molecule has 0 saturated carbocycles. The first-order chi connectivity index (χ1) is 14.4. The van der Waals surface area contributed by atoms with Crippen molar-refractivity contribution in [1.82, 2.24) is 0 Å². The summed E-state index contributed by atoms with van der Waals surface area (Å²) in [4.78, 5) is 39.5. The number of hydrogen-bond donors (Lipinski definition) is 1. The Morgan fingerprint density at radius 1 is 0.933 bits per heavy atom. The molecule has 1 N–H and O–H groups in total. The highest BCUT2D eigenvalue weighted by molar-refractivity contribution is 6.41. The van der Waals surface area contributed by atoms with Gasteiger partial charge in [0.2, 0.25) is 0 Å². The second-order valence-corrected chi connectivity index (χ2v) is 7.61. The maximum Gasteiger partial charge on any atom is 0.266 e. The summed E-state index contributed by atoms with van der Waals surface area (Å²) in [5.74, 6) is -1.40. The van der Waals surface area contributed by atoms with Crippen molar-refractivity contribution in [1.29, 1.82) is 0 Å². The van der Waals surface area contributed by atoms with Crippen molar-refractivity contribution in [3.8, 4) is 0 Å². The lowest BCUT2D eigenvalue weighted by Crippen LogP contribution is -2.29. The molecule has 0 spiro atoms. The van der Waals surface area contributed by atoms with Crippen LogP contribution in [-0.4, -0.2) is 17.7 Å². The molecular formula is C23H16Cl2N2O3. The third kappa shape index (κ3) is 3.47. The summed E-state index contributed by atoms with van der Waals surface area (Å²) >= 11 is 12.1. The van der Waals surface area contributed by atoms with Crippen LogP contribution in [0.3, 0.4) is 0 Å². The number of carbonyl (C=O) groups excluding carboxylic acids is 3. The van der Waals surface area contributed by atoms with Gasteiger partial charge in [-0.1, -0.05) is 48.3 Å². The van der Waals surface area contributed by atoms with E-state index in [1.165, 1.54) is 30.3 Å². The van der Waals surface area contributed by atoms with Gasteiger partial charge >= 0.3 is 0 Å². The Labute approximate surface area is 183 Å². The Balaban J connectivity index is 1.65. The molecule has 1 heterocycles. The number of halogens is 2. The highest BCUT2D eigenvalue weighted by Crippen LogP contribution is 2.35. The maximum atomic E-state index is 13.0. The maximum absolute atomic E-state index is 13.0. The SMILES string of the molecule is CCc1ccccc1NC(=O)c1ccc2c(c1)C(=O)N(c1ccc(Cl)cc1Cl)C2=O. The summed E-state index contributed by atoms with van der Waals surface area (Å²) in [6.45, 7) is 2.00. The fraction of sp³-hybridized carbons (Fsp3) is 0.0870. The molecule has 0 radical (unpaired) electrons. The van der Waals surface area contributed by atoms with Crippen LogP contribution in [0.1, 0.15) is 43.6 Å². The molecule has 5 nitrogen and oxygen atoms in total. The number of nitrogens with zero attached hydrogens (tertiary/aromatic N) is 1. The van der Waals surface area contributed by atoms with Crippen molar-refractivity contribution < 1.29 is 14.4 Å². The number of fused-ring (bicyclic) bond motifs is 1. The summed E-state index contributed by atoms with van der Waals surface area (Å²) < 4.78 is 0. The van der Waals surface area contributed by atoms with E-state index in [1.54, 1.807) is 6.07 Å². The van der Waals surface area contributed by atoms with Gasteiger partial charge in [-0.15, -0.1) is 0 Å². The predicted octanol–water partition coefficient (Wildman–Crippen LogP) is 5.61. The van der Waals surface area contributed by atoms with Crippen molar-refractivity contribution in [2.75, 3.05) is 10.2 Å². The number of rotatable bonds is 4. The standard InChI is InChI=1S/C23H16Cl2N2O3/c1-2-13-5-3-4-6-19(13)26-21(28)14-7-9-16-17(11-14)23(30)27(22(16)29)20-10-8-15(24)12-18(20)25/h3-12H,2H2,1H3,(H,26,28). The normalized spacial score (nSPS) is 12.8. The molecule has 150 valence electrons. The Morgan fingerprint density at radius 3 is 2.40 bits per heavy atom. The molecule has 0 aliphatic carbocycles. The average molecular weight is 439 g/mol. The van der Waals surface area contributed by atoms with Crippen molar-refractivity contribution in [3.63, 3.8) is 0 Å².